The first-order chi connectivity index (χ1) is 15.5. The highest BCUT2D eigenvalue weighted by molar-refractivity contribution is 5.97. The van der Waals surface area contributed by atoms with Crippen LogP contribution in [0.25, 0.3) is 0 Å². The summed E-state index contributed by atoms with van der Waals surface area (Å²) < 4.78 is 13.6. The van der Waals surface area contributed by atoms with Crippen LogP contribution < -0.4 is 5.32 Å². The lowest BCUT2D eigenvalue weighted by molar-refractivity contribution is 0.0541. The number of hydrogen-bond acceptors (Lipinski definition) is 4. The average molecular weight is 439 g/mol. The van der Waals surface area contributed by atoms with Crippen molar-refractivity contribution in [1.29, 1.82) is 0 Å². The fourth-order valence-corrected chi connectivity index (χ4v) is 4.75. The molecule has 7 heteroatoms. The van der Waals surface area contributed by atoms with E-state index in [-0.39, 0.29) is 24.1 Å². The third kappa shape index (κ3) is 5.33. The smallest absolute Gasteiger partial charge is 0.253 e. The van der Waals surface area contributed by atoms with Gasteiger partial charge in [0, 0.05) is 43.0 Å². The number of carbonyl (C=O) groups is 2. The van der Waals surface area contributed by atoms with Crippen molar-refractivity contribution >= 4 is 11.8 Å². The minimum Gasteiger partial charge on any atom is -0.346 e. The molecule has 0 radical (unpaired) electrons. The lowest BCUT2D eigenvalue weighted by atomic mass is 9.95. The van der Waals surface area contributed by atoms with E-state index < -0.39 is 5.82 Å². The van der Waals surface area contributed by atoms with Crippen molar-refractivity contribution < 1.29 is 14.0 Å². The van der Waals surface area contributed by atoms with E-state index in [1.807, 2.05) is 4.90 Å². The quantitative estimate of drug-likeness (QED) is 0.776. The van der Waals surface area contributed by atoms with Gasteiger partial charge in [-0.15, -0.1) is 0 Å². The molecule has 1 unspecified atom stereocenters. The molecule has 2 aromatic rings. The van der Waals surface area contributed by atoms with Crippen molar-refractivity contribution in [2.75, 3.05) is 26.2 Å². The van der Waals surface area contributed by atoms with Crippen LogP contribution in [0.1, 0.15) is 59.0 Å². The molecule has 2 saturated heterocycles. The van der Waals surface area contributed by atoms with Crippen LogP contribution in [0.5, 0.6) is 0 Å². The Morgan fingerprint density at radius 3 is 2.47 bits per heavy atom. The Balaban J connectivity index is 1.28. The first-order valence-corrected chi connectivity index (χ1v) is 11.5. The highest BCUT2D eigenvalue weighted by Crippen LogP contribution is 2.24. The molecule has 2 aliphatic heterocycles. The van der Waals surface area contributed by atoms with Crippen molar-refractivity contribution in [3.05, 3.63) is 65.2 Å². The van der Waals surface area contributed by atoms with Crippen molar-refractivity contribution in [3.63, 3.8) is 0 Å². The minimum atomic E-state index is -0.452. The van der Waals surface area contributed by atoms with Gasteiger partial charge in [-0.1, -0.05) is 6.92 Å². The molecule has 6 nitrogen and oxygen atoms in total. The van der Waals surface area contributed by atoms with E-state index in [2.05, 4.69) is 22.1 Å². The lowest BCUT2D eigenvalue weighted by Gasteiger charge is -2.41. The predicted octanol–water partition coefficient (Wildman–Crippen LogP) is 3.49. The molecule has 2 fully saturated rings. The second-order valence-corrected chi connectivity index (χ2v) is 8.96. The highest BCUT2D eigenvalue weighted by atomic mass is 19.1. The number of pyridine rings is 1. The van der Waals surface area contributed by atoms with E-state index >= 15 is 0 Å². The second kappa shape index (κ2) is 10.2. The molecule has 2 amide bonds. The number of rotatable bonds is 5. The molecule has 1 aromatic carbocycles. The topological polar surface area (TPSA) is 65.5 Å². The molecule has 2 aliphatic rings. The summed E-state index contributed by atoms with van der Waals surface area (Å²) in [5, 5.41) is 2.67. The molecular formula is C25H31FN4O2. The van der Waals surface area contributed by atoms with Gasteiger partial charge in [0.05, 0.1) is 12.2 Å². The first kappa shape index (κ1) is 22.4. The van der Waals surface area contributed by atoms with E-state index in [0.717, 1.165) is 31.8 Å². The van der Waals surface area contributed by atoms with Gasteiger partial charge in [0.1, 0.15) is 5.82 Å². The van der Waals surface area contributed by atoms with Crippen LogP contribution in [-0.2, 0) is 6.54 Å². The van der Waals surface area contributed by atoms with E-state index in [9.17, 15) is 14.0 Å². The van der Waals surface area contributed by atoms with Gasteiger partial charge in [-0.25, -0.2) is 4.39 Å². The highest BCUT2D eigenvalue weighted by Gasteiger charge is 2.29. The number of aromatic nitrogens is 1. The molecule has 0 aliphatic carbocycles. The lowest BCUT2D eigenvalue weighted by Crippen LogP contribution is -2.49. The van der Waals surface area contributed by atoms with Gasteiger partial charge in [-0.2, -0.15) is 0 Å². The van der Waals surface area contributed by atoms with Crippen molar-refractivity contribution in [2.24, 2.45) is 5.92 Å². The van der Waals surface area contributed by atoms with Crippen LogP contribution >= 0.6 is 0 Å². The van der Waals surface area contributed by atoms with E-state index in [0.29, 0.717) is 17.2 Å². The third-order valence-corrected chi connectivity index (χ3v) is 6.60. The summed E-state index contributed by atoms with van der Waals surface area (Å²) in [7, 11) is 0. The van der Waals surface area contributed by atoms with E-state index in [4.69, 9.17) is 0 Å². The summed E-state index contributed by atoms with van der Waals surface area (Å²) in [5.41, 5.74) is 1.20. The molecule has 0 spiro atoms. The maximum Gasteiger partial charge on any atom is 0.253 e. The zero-order valence-electron chi connectivity index (χ0n) is 18.6. The Bertz CT molecular complexity index is 941. The average Bonchev–Trinajstić information content (AvgIpc) is 2.83. The first-order valence-electron chi connectivity index (χ1n) is 11.5. The molecule has 4 rings (SSSR count). The summed E-state index contributed by atoms with van der Waals surface area (Å²) in [5.74, 6) is -0.00183. The molecule has 32 heavy (non-hydrogen) atoms. The number of likely N-dealkylation sites (tertiary alicyclic amines) is 2. The van der Waals surface area contributed by atoms with Crippen molar-refractivity contribution in [3.8, 4) is 0 Å². The summed E-state index contributed by atoms with van der Waals surface area (Å²) in [4.78, 5) is 33.7. The van der Waals surface area contributed by atoms with Gasteiger partial charge >= 0.3 is 0 Å². The van der Waals surface area contributed by atoms with Crippen LogP contribution in [0.4, 0.5) is 4.39 Å². The molecule has 0 bridgehead atoms. The minimum absolute atomic E-state index is 0.0108. The van der Waals surface area contributed by atoms with Gasteiger partial charge in [0.25, 0.3) is 11.8 Å². The van der Waals surface area contributed by atoms with Crippen molar-refractivity contribution in [2.45, 2.75) is 45.2 Å². The van der Waals surface area contributed by atoms with Gasteiger partial charge in [-0.05, 0) is 74.5 Å². The zero-order chi connectivity index (χ0) is 22.5. The van der Waals surface area contributed by atoms with E-state index in [1.165, 1.54) is 44.3 Å². The fourth-order valence-electron chi connectivity index (χ4n) is 4.75. The van der Waals surface area contributed by atoms with Gasteiger partial charge in [0.15, 0.2) is 0 Å². The van der Waals surface area contributed by atoms with E-state index in [1.54, 1.807) is 24.3 Å². The largest absolute Gasteiger partial charge is 0.346 e. The normalized spacial score (nSPS) is 20.2. The Hall–Kier alpha value is -2.80. The van der Waals surface area contributed by atoms with Gasteiger partial charge in [0.2, 0.25) is 0 Å². The third-order valence-electron chi connectivity index (χ3n) is 6.60. The molecule has 170 valence electrons. The van der Waals surface area contributed by atoms with Gasteiger partial charge < -0.3 is 10.2 Å². The Morgan fingerprint density at radius 2 is 1.78 bits per heavy atom. The summed E-state index contributed by atoms with van der Waals surface area (Å²) in [6.45, 7) is 6.23. The maximum absolute atomic E-state index is 13.6. The second-order valence-electron chi connectivity index (χ2n) is 8.96. The van der Waals surface area contributed by atoms with Crippen LogP contribution in [0.15, 0.2) is 42.6 Å². The number of hydrogen-bond donors (Lipinski definition) is 1. The number of piperidine rings is 2. The Kier molecular flexibility index (Phi) is 7.15. The number of nitrogens with zero attached hydrogens (tertiary/aromatic N) is 3. The SMILES string of the molecule is CC1CCCN(C2CCN(C(=O)c3ccc(C(=O)NCc4ncccc4F)cc3)CC2)C1. The molecule has 1 N–H and O–H groups in total. The van der Waals surface area contributed by atoms with Crippen molar-refractivity contribution in [1.82, 2.24) is 20.1 Å². The molecular weight excluding hydrogens is 407 g/mol. The van der Waals surface area contributed by atoms with Gasteiger partial charge in [-0.3, -0.25) is 19.5 Å². The number of amides is 2. The summed E-state index contributed by atoms with van der Waals surface area (Å²) >= 11 is 0. The maximum atomic E-state index is 13.6. The standard InChI is InChI=1S/C25H31FN4O2/c1-18-4-3-13-30(17-18)21-10-14-29(15-11-21)25(32)20-8-6-19(7-9-20)24(31)28-16-23-22(26)5-2-12-27-23/h2,5-9,12,18,21H,3-4,10-11,13-17H2,1H3,(H,28,31). The molecule has 0 saturated carbocycles. The zero-order valence-corrected chi connectivity index (χ0v) is 18.6. The van der Waals surface area contributed by atoms with Crippen LogP contribution in [0, 0.1) is 11.7 Å². The monoisotopic (exact) mass is 438 g/mol. The van der Waals surface area contributed by atoms with Crippen LogP contribution in [-0.4, -0.2) is 58.8 Å². The predicted molar refractivity (Wildman–Crippen MR) is 121 cm³/mol. The van der Waals surface area contributed by atoms with Crippen LogP contribution in [0.2, 0.25) is 0 Å². The summed E-state index contributed by atoms with van der Waals surface area (Å²) in [6, 6.07) is 10.1. The van der Waals surface area contributed by atoms with Crippen LogP contribution in [0.3, 0.4) is 0 Å². The fraction of sp³-hybridized carbons (Fsp3) is 0.480. The Morgan fingerprint density at radius 1 is 1.06 bits per heavy atom. The Labute approximate surface area is 188 Å². The number of nitrogens with one attached hydrogen (secondary N) is 1. The summed E-state index contributed by atoms with van der Waals surface area (Å²) in [6.07, 6.45) is 6.12. The molecule has 1 atom stereocenters. The number of halogens is 1. The number of carbonyl (C=O) groups excluding carboxylic acids is 2. The number of benzene rings is 1. The molecule has 1 aromatic heterocycles. The molecule has 3 heterocycles.